The number of thiophene rings is 1. The molecule has 1 saturated heterocycles. The lowest BCUT2D eigenvalue weighted by Crippen LogP contribution is -2.48. The van der Waals surface area contributed by atoms with Gasteiger partial charge >= 0.3 is 0 Å². The maximum Gasteiger partial charge on any atom is 0.0329 e. The van der Waals surface area contributed by atoms with Gasteiger partial charge in [0.25, 0.3) is 0 Å². The van der Waals surface area contributed by atoms with Gasteiger partial charge in [-0.2, -0.15) is 0 Å². The molecular weight excluding hydrogens is 242 g/mol. The van der Waals surface area contributed by atoms with E-state index >= 15 is 0 Å². The maximum atomic E-state index is 3.21. The number of nitrogens with zero attached hydrogens (tertiary/aromatic N) is 2. The molecule has 0 radical (unpaired) electrons. The fourth-order valence-corrected chi connectivity index (χ4v) is 3.51. The van der Waals surface area contributed by atoms with Gasteiger partial charge in [-0.15, -0.1) is 11.3 Å². The van der Waals surface area contributed by atoms with Gasteiger partial charge in [-0.1, -0.05) is 0 Å². The molecule has 1 aromatic rings. The van der Waals surface area contributed by atoms with Gasteiger partial charge in [-0.25, -0.2) is 0 Å². The van der Waals surface area contributed by atoms with E-state index in [4.69, 9.17) is 0 Å². The molecule has 1 N–H and O–H groups in total. The highest BCUT2D eigenvalue weighted by molar-refractivity contribution is 7.11. The van der Waals surface area contributed by atoms with Crippen molar-refractivity contribution in [2.75, 3.05) is 33.2 Å². The van der Waals surface area contributed by atoms with E-state index in [1.54, 1.807) is 0 Å². The van der Waals surface area contributed by atoms with Crippen molar-refractivity contribution in [3.8, 4) is 0 Å². The molecule has 4 heteroatoms. The minimum atomic E-state index is 0.691. The van der Waals surface area contributed by atoms with Crippen LogP contribution in [0, 0.1) is 0 Å². The van der Waals surface area contributed by atoms with Crippen molar-refractivity contribution in [3.05, 3.63) is 21.9 Å². The second kappa shape index (κ2) is 6.66. The summed E-state index contributed by atoms with van der Waals surface area (Å²) in [6.45, 7) is 11.5. The first-order valence-electron chi connectivity index (χ1n) is 6.87. The Hall–Kier alpha value is -0.420. The van der Waals surface area contributed by atoms with E-state index in [9.17, 15) is 0 Å². The van der Waals surface area contributed by atoms with Crippen LogP contribution in [0.15, 0.2) is 12.1 Å². The zero-order chi connectivity index (χ0) is 13.0. The number of hydrogen-bond acceptors (Lipinski definition) is 4. The maximum absolute atomic E-state index is 3.21. The van der Waals surface area contributed by atoms with Gasteiger partial charge in [-0.05, 0) is 33.0 Å². The molecule has 18 heavy (non-hydrogen) atoms. The first-order chi connectivity index (χ1) is 8.69. The van der Waals surface area contributed by atoms with Crippen molar-refractivity contribution in [2.24, 2.45) is 0 Å². The monoisotopic (exact) mass is 267 g/mol. The molecule has 1 aromatic heterocycles. The second-order valence-electron chi connectivity index (χ2n) is 5.30. The third-order valence-corrected chi connectivity index (χ3v) is 4.65. The number of hydrogen-bond donors (Lipinski definition) is 1. The molecule has 1 aliphatic heterocycles. The Kier molecular flexibility index (Phi) is 5.18. The van der Waals surface area contributed by atoms with Gasteiger partial charge < -0.3 is 5.32 Å². The third-order valence-electron chi connectivity index (χ3n) is 3.58. The highest BCUT2D eigenvalue weighted by Gasteiger charge is 2.18. The Bertz CT molecular complexity index is 354. The van der Waals surface area contributed by atoms with Crippen LogP contribution in [0.3, 0.4) is 0 Å². The molecule has 0 aromatic carbocycles. The number of nitrogens with one attached hydrogen (secondary N) is 1. The molecule has 0 bridgehead atoms. The summed E-state index contributed by atoms with van der Waals surface area (Å²) in [6, 6.07) is 5.23. The van der Waals surface area contributed by atoms with Crippen molar-refractivity contribution in [2.45, 2.75) is 33.0 Å². The summed E-state index contributed by atoms with van der Waals surface area (Å²) in [7, 11) is 2.00. The van der Waals surface area contributed by atoms with E-state index in [-0.39, 0.29) is 0 Å². The predicted molar refractivity (Wildman–Crippen MR) is 79.1 cm³/mol. The van der Waals surface area contributed by atoms with Gasteiger partial charge in [0.15, 0.2) is 0 Å². The van der Waals surface area contributed by atoms with Gasteiger partial charge in [0.1, 0.15) is 0 Å². The van der Waals surface area contributed by atoms with Crippen LogP contribution >= 0.6 is 11.3 Å². The minimum absolute atomic E-state index is 0.691. The second-order valence-corrected chi connectivity index (χ2v) is 6.56. The molecule has 0 saturated carbocycles. The lowest BCUT2D eigenvalue weighted by molar-refractivity contribution is 0.105. The first kappa shape index (κ1) is 14.0. The fraction of sp³-hybridized carbons (Fsp3) is 0.714. The van der Waals surface area contributed by atoms with E-state index in [0.29, 0.717) is 6.04 Å². The summed E-state index contributed by atoms with van der Waals surface area (Å²) < 4.78 is 0. The third kappa shape index (κ3) is 3.79. The van der Waals surface area contributed by atoms with Crippen LogP contribution in [0.2, 0.25) is 0 Å². The molecule has 0 unspecified atom stereocenters. The molecule has 2 rings (SSSR count). The summed E-state index contributed by atoms with van der Waals surface area (Å²) in [6.07, 6.45) is 0. The lowest BCUT2D eigenvalue weighted by atomic mass is 10.2. The van der Waals surface area contributed by atoms with Gasteiger partial charge in [-0.3, -0.25) is 9.80 Å². The van der Waals surface area contributed by atoms with Gasteiger partial charge in [0, 0.05) is 55.1 Å². The summed E-state index contributed by atoms with van der Waals surface area (Å²) in [5.74, 6) is 0. The molecule has 0 aliphatic carbocycles. The smallest absolute Gasteiger partial charge is 0.0329 e. The first-order valence-corrected chi connectivity index (χ1v) is 7.69. The van der Waals surface area contributed by atoms with Crippen LogP contribution in [0.5, 0.6) is 0 Å². The molecule has 0 spiro atoms. The Labute approximate surface area is 115 Å². The molecule has 102 valence electrons. The van der Waals surface area contributed by atoms with Crippen LogP contribution in [0.1, 0.15) is 23.6 Å². The van der Waals surface area contributed by atoms with Crippen molar-refractivity contribution in [3.63, 3.8) is 0 Å². The predicted octanol–water partition coefficient (Wildman–Crippen LogP) is 1.99. The molecule has 0 amide bonds. The Morgan fingerprint density at radius 2 is 1.83 bits per heavy atom. The van der Waals surface area contributed by atoms with Crippen molar-refractivity contribution < 1.29 is 0 Å². The topological polar surface area (TPSA) is 18.5 Å². The number of rotatable bonds is 5. The van der Waals surface area contributed by atoms with E-state index in [2.05, 4.69) is 41.1 Å². The zero-order valence-electron chi connectivity index (χ0n) is 11.8. The van der Waals surface area contributed by atoms with Crippen LogP contribution in [0.4, 0.5) is 0 Å². The standard InChI is InChI=1S/C14H25N3S/c1-12(2)17-8-6-16(7-9-17)11-14-5-4-13(18-14)10-15-3/h4-5,12,15H,6-11H2,1-3H3. The van der Waals surface area contributed by atoms with Gasteiger partial charge in [0.2, 0.25) is 0 Å². The zero-order valence-corrected chi connectivity index (χ0v) is 12.6. The molecule has 1 aliphatic rings. The normalized spacial score (nSPS) is 18.7. The highest BCUT2D eigenvalue weighted by Crippen LogP contribution is 2.19. The minimum Gasteiger partial charge on any atom is -0.315 e. The largest absolute Gasteiger partial charge is 0.315 e. The van der Waals surface area contributed by atoms with E-state index in [1.807, 2.05) is 18.4 Å². The summed E-state index contributed by atoms with van der Waals surface area (Å²) >= 11 is 1.94. The Morgan fingerprint density at radius 3 is 2.44 bits per heavy atom. The number of piperazine rings is 1. The Balaban J connectivity index is 1.80. The van der Waals surface area contributed by atoms with Gasteiger partial charge in [0.05, 0.1) is 0 Å². The summed E-state index contributed by atoms with van der Waals surface area (Å²) in [5.41, 5.74) is 0. The van der Waals surface area contributed by atoms with Crippen molar-refractivity contribution in [1.29, 1.82) is 0 Å². The molecule has 1 fully saturated rings. The highest BCUT2D eigenvalue weighted by atomic mass is 32.1. The van der Waals surface area contributed by atoms with Crippen LogP contribution in [-0.4, -0.2) is 49.1 Å². The molecule has 0 atom stereocenters. The average molecular weight is 267 g/mol. The summed E-state index contributed by atoms with van der Waals surface area (Å²) in [4.78, 5) is 8.08. The van der Waals surface area contributed by atoms with Crippen LogP contribution in [-0.2, 0) is 13.1 Å². The quantitative estimate of drug-likeness (QED) is 0.880. The van der Waals surface area contributed by atoms with Crippen molar-refractivity contribution >= 4 is 11.3 Å². The molecular formula is C14H25N3S. The van der Waals surface area contributed by atoms with E-state index in [0.717, 1.165) is 13.1 Å². The molecule has 2 heterocycles. The fourth-order valence-electron chi connectivity index (χ4n) is 2.43. The summed E-state index contributed by atoms with van der Waals surface area (Å²) in [5, 5.41) is 3.21. The van der Waals surface area contributed by atoms with Crippen molar-refractivity contribution in [1.82, 2.24) is 15.1 Å². The SMILES string of the molecule is CNCc1ccc(CN2CCN(C(C)C)CC2)s1. The average Bonchev–Trinajstić information content (AvgIpc) is 2.78. The van der Waals surface area contributed by atoms with E-state index < -0.39 is 0 Å². The molecule has 3 nitrogen and oxygen atoms in total. The lowest BCUT2D eigenvalue weighted by Gasteiger charge is -2.36. The van der Waals surface area contributed by atoms with Crippen LogP contribution < -0.4 is 5.32 Å². The Morgan fingerprint density at radius 1 is 1.17 bits per heavy atom. The van der Waals surface area contributed by atoms with E-state index in [1.165, 1.54) is 35.9 Å². The van der Waals surface area contributed by atoms with Crippen LogP contribution in [0.25, 0.3) is 0 Å².